The molecule has 0 bridgehead atoms. The van der Waals surface area contributed by atoms with Crippen LogP contribution in [0, 0.1) is 13.8 Å². The minimum Gasteiger partial charge on any atom is -0.506 e. The van der Waals surface area contributed by atoms with Gasteiger partial charge >= 0.3 is 6.09 Å². The molecule has 0 unspecified atom stereocenters. The van der Waals surface area contributed by atoms with Gasteiger partial charge in [0.25, 0.3) is 0 Å². The highest BCUT2D eigenvalue weighted by Gasteiger charge is 2.25. The fraction of sp³-hybridized carbons (Fsp3) is 0.500. The molecule has 1 aliphatic rings. The molecule has 0 aromatic carbocycles. The number of rotatable bonds is 4. The lowest BCUT2D eigenvalue weighted by Crippen LogP contribution is -2.35. The van der Waals surface area contributed by atoms with Crippen LogP contribution in [0.5, 0.6) is 5.75 Å². The van der Waals surface area contributed by atoms with Crippen LogP contribution < -0.4 is 0 Å². The molecule has 0 aliphatic heterocycles. The van der Waals surface area contributed by atoms with Gasteiger partial charge in [-0.25, -0.2) is 9.78 Å². The number of carbonyl (C=O) groups excluding carboxylic acids is 1. The minimum atomic E-state index is -0.340. The summed E-state index contributed by atoms with van der Waals surface area (Å²) in [4.78, 5) is 18.3. The van der Waals surface area contributed by atoms with Gasteiger partial charge < -0.3 is 19.3 Å². The van der Waals surface area contributed by atoms with Crippen molar-refractivity contribution in [2.24, 2.45) is 0 Å². The summed E-state index contributed by atoms with van der Waals surface area (Å²) in [6.45, 7) is 3.57. The minimum absolute atomic E-state index is 0.0716. The van der Waals surface area contributed by atoms with E-state index in [-0.39, 0.29) is 24.5 Å². The maximum atomic E-state index is 12.3. The van der Waals surface area contributed by atoms with Gasteiger partial charge in [0.15, 0.2) is 5.76 Å². The molecule has 1 N–H and O–H groups in total. The fourth-order valence-corrected chi connectivity index (χ4v) is 3.12. The van der Waals surface area contributed by atoms with Gasteiger partial charge in [0.1, 0.15) is 18.1 Å². The maximum Gasteiger partial charge on any atom is 0.410 e. The molecule has 1 aliphatic carbocycles. The van der Waals surface area contributed by atoms with Gasteiger partial charge in [-0.2, -0.15) is 0 Å². The zero-order valence-electron chi connectivity index (χ0n) is 14.8. The van der Waals surface area contributed by atoms with Crippen molar-refractivity contribution in [2.45, 2.75) is 52.2 Å². The topological polar surface area (TPSA) is 88.7 Å². The Labute approximate surface area is 146 Å². The van der Waals surface area contributed by atoms with Gasteiger partial charge in [-0.3, -0.25) is 0 Å². The number of nitrogens with zero attached hydrogens (tertiary/aromatic N) is 3. The predicted octanol–water partition coefficient (Wildman–Crippen LogP) is 3.57. The van der Waals surface area contributed by atoms with E-state index in [1.807, 2.05) is 0 Å². The molecule has 1 saturated carbocycles. The van der Waals surface area contributed by atoms with E-state index < -0.39 is 0 Å². The second-order valence-corrected chi connectivity index (χ2v) is 6.48. The summed E-state index contributed by atoms with van der Waals surface area (Å²) < 4.78 is 10.8. The molecular formula is C18H23N3O4. The first-order valence-corrected chi connectivity index (χ1v) is 8.49. The molecule has 0 saturated heterocycles. The molecule has 1 amide bonds. The third kappa shape index (κ3) is 3.60. The fourth-order valence-electron chi connectivity index (χ4n) is 3.12. The van der Waals surface area contributed by atoms with Crippen LogP contribution in [0.4, 0.5) is 4.79 Å². The highest BCUT2D eigenvalue weighted by molar-refractivity contribution is 5.68. The molecule has 7 nitrogen and oxygen atoms in total. The van der Waals surface area contributed by atoms with E-state index in [9.17, 15) is 9.90 Å². The van der Waals surface area contributed by atoms with E-state index in [0.717, 1.165) is 25.7 Å². The maximum absolute atomic E-state index is 12.3. The zero-order valence-corrected chi connectivity index (χ0v) is 14.8. The number of hydrogen-bond acceptors (Lipinski definition) is 6. The van der Waals surface area contributed by atoms with Crippen molar-refractivity contribution in [3.8, 4) is 17.2 Å². The normalized spacial score (nSPS) is 14.7. The summed E-state index contributed by atoms with van der Waals surface area (Å²) in [7, 11) is 1.78. The van der Waals surface area contributed by atoms with Crippen LogP contribution >= 0.6 is 0 Å². The van der Waals surface area contributed by atoms with E-state index in [1.165, 1.54) is 0 Å². The van der Waals surface area contributed by atoms with Crippen molar-refractivity contribution < 1.29 is 19.2 Å². The average molecular weight is 345 g/mol. The molecule has 0 atom stereocenters. The summed E-state index contributed by atoms with van der Waals surface area (Å²) in [6, 6.07) is 3.47. The van der Waals surface area contributed by atoms with E-state index in [4.69, 9.17) is 9.26 Å². The average Bonchev–Trinajstić information content (AvgIpc) is 3.24. The van der Waals surface area contributed by atoms with E-state index in [1.54, 1.807) is 37.9 Å². The lowest BCUT2D eigenvalue weighted by molar-refractivity contribution is 0.0917. The van der Waals surface area contributed by atoms with E-state index >= 15 is 0 Å². The monoisotopic (exact) mass is 345 g/mol. The Morgan fingerprint density at radius 1 is 1.32 bits per heavy atom. The number of amides is 1. The third-order valence-electron chi connectivity index (χ3n) is 4.78. The van der Waals surface area contributed by atoms with Gasteiger partial charge in [0.05, 0.1) is 17.0 Å². The number of aryl methyl sites for hydroxylation is 2. The Bertz CT molecular complexity index is 766. The second-order valence-electron chi connectivity index (χ2n) is 6.48. The second kappa shape index (κ2) is 7.13. The van der Waals surface area contributed by atoms with Crippen molar-refractivity contribution in [1.29, 1.82) is 0 Å². The van der Waals surface area contributed by atoms with Crippen LogP contribution in [0.1, 0.15) is 42.6 Å². The molecule has 1 fully saturated rings. The molecule has 25 heavy (non-hydrogen) atoms. The first-order chi connectivity index (χ1) is 12.0. The summed E-state index contributed by atoms with van der Waals surface area (Å²) in [5.74, 6) is 0.572. The number of ether oxygens (including phenoxy) is 1. The number of aromatic nitrogens is 2. The summed E-state index contributed by atoms with van der Waals surface area (Å²) in [6.07, 6.45) is 4.03. The molecule has 2 aromatic rings. The molecule has 0 radical (unpaired) electrons. The molecular weight excluding hydrogens is 322 g/mol. The Hall–Kier alpha value is -2.57. The molecule has 7 heteroatoms. The Balaban J connectivity index is 1.73. The van der Waals surface area contributed by atoms with Gasteiger partial charge in [0, 0.05) is 13.1 Å². The number of pyridine rings is 1. The predicted molar refractivity (Wildman–Crippen MR) is 91.1 cm³/mol. The van der Waals surface area contributed by atoms with Gasteiger partial charge in [-0.15, -0.1) is 0 Å². The van der Waals surface area contributed by atoms with Crippen molar-refractivity contribution >= 4 is 6.09 Å². The summed E-state index contributed by atoms with van der Waals surface area (Å²) >= 11 is 0. The van der Waals surface area contributed by atoms with Crippen LogP contribution in [0.25, 0.3) is 11.5 Å². The SMILES string of the molecule is Cc1nc(-c2onc(C)c2COC(=O)N(C)C2CCCC2)ccc1O. The lowest BCUT2D eigenvalue weighted by atomic mass is 10.1. The van der Waals surface area contributed by atoms with Crippen molar-refractivity contribution in [3.63, 3.8) is 0 Å². The van der Waals surface area contributed by atoms with Crippen molar-refractivity contribution in [1.82, 2.24) is 15.0 Å². The molecule has 2 aromatic heterocycles. The third-order valence-corrected chi connectivity index (χ3v) is 4.78. The first kappa shape index (κ1) is 17.3. The van der Waals surface area contributed by atoms with Gasteiger partial charge in [-0.1, -0.05) is 18.0 Å². The standard InChI is InChI=1S/C18H23N3O4/c1-11-14(10-24-18(23)21(3)13-6-4-5-7-13)17(25-20-11)15-8-9-16(22)12(2)19-15/h8-9,13,22H,4-7,10H2,1-3H3. The van der Waals surface area contributed by atoms with Crippen LogP contribution in [0.3, 0.4) is 0 Å². The Kier molecular flexibility index (Phi) is 4.92. The van der Waals surface area contributed by atoms with Crippen LogP contribution in [-0.2, 0) is 11.3 Å². The zero-order chi connectivity index (χ0) is 18.0. The highest BCUT2D eigenvalue weighted by Crippen LogP contribution is 2.28. The lowest BCUT2D eigenvalue weighted by Gasteiger charge is -2.23. The quantitative estimate of drug-likeness (QED) is 0.911. The van der Waals surface area contributed by atoms with Crippen LogP contribution in [0.2, 0.25) is 0 Å². The number of hydrogen-bond donors (Lipinski definition) is 1. The van der Waals surface area contributed by atoms with E-state index in [2.05, 4.69) is 10.1 Å². The molecule has 3 rings (SSSR count). The largest absolute Gasteiger partial charge is 0.506 e. The Morgan fingerprint density at radius 2 is 2.04 bits per heavy atom. The number of aromatic hydroxyl groups is 1. The van der Waals surface area contributed by atoms with Crippen molar-refractivity contribution in [3.05, 3.63) is 29.1 Å². The van der Waals surface area contributed by atoms with Crippen molar-refractivity contribution in [2.75, 3.05) is 7.05 Å². The van der Waals surface area contributed by atoms with Gasteiger partial charge in [0.2, 0.25) is 0 Å². The molecule has 2 heterocycles. The van der Waals surface area contributed by atoms with E-state index in [0.29, 0.717) is 28.4 Å². The number of carbonyl (C=O) groups is 1. The highest BCUT2D eigenvalue weighted by atomic mass is 16.6. The van der Waals surface area contributed by atoms with Crippen LogP contribution in [-0.4, -0.2) is 39.3 Å². The summed E-state index contributed by atoms with van der Waals surface area (Å²) in [5, 5.41) is 13.6. The summed E-state index contributed by atoms with van der Waals surface area (Å²) in [5.41, 5.74) is 2.38. The Morgan fingerprint density at radius 3 is 2.72 bits per heavy atom. The smallest absolute Gasteiger partial charge is 0.410 e. The van der Waals surface area contributed by atoms with Gasteiger partial charge in [-0.05, 0) is 38.8 Å². The first-order valence-electron chi connectivity index (χ1n) is 8.49. The molecule has 0 spiro atoms. The molecule has 134 valence electrons. The van der Waals surface area contributed by atoms with Crippen LogP contribution in [0.15, 0.2) is 16.7 Å².